The topological polar surface area (TPSA) is 12.0 Å². The van der Waals surface area contributed by atoms with Gasteiger partial charge in [-0.05, 0) is 54.2 Å². The minimum absolute atomic E-state index is 0.449. The molecule has 1 aliphatic rings. The molecule has 0 saturated heterocycles. The standard InChI is InChI=1S/C10H14BrNS/c1-7-5-8(13-9(7)11)6-12-10(2)3-4-10/h5,12H,3-4,6H2,1-2H3. The molecule has 0 amide bonds. The molecule has 1 aliphatic carbocycles. The summed E-state index contributed by atoms with van der Waals surface area (Å²) in [7, 11) is 0. The monoisotopic (exact) mass is 259 g/mol. The molecule has 0 aliphatic heterocycles. The lowest BCUT2D eigenvalue weighted by Crippen LogP contribution is -2.26. The fourth-order valence-electron chi connectivity index (χ4n) is 1.28. The molecule has 3 heteroatoms. The van der Waals surface area contributed by atoms with Crippen molar-refractivity contribution in [3.63, 3.8) is 0 Å². The van der Waals surface area contributed by atoms with Crippen LogP contribution in [-0.4, -0.2) is 5.54 Å². The van der Waals surface area contributed by atoms with Crippen molar-refractivity contribution < 1.29 is 0 Å². The van der Waals surface area contributed by atoms with E-state index >= 15 is 0 Å². The number of hydrogen-bond donors (Lipinski definition) is 1. The molecule has 1 aromatic heterocycles. The first-order valence-corrected chi connectivity index (χ1v) is 6.20. The number of nitrogens with one attached hydrogen (secondary N) is 1. The number of halogens is 1. The van der Waals surface area contributed by atoms with Gasteiger partial charge in [-0.3, -0.25) is 0 Å². The molecule has 1 N–H and O–H groups in total. The van der Waals surface area contributed by atoms with E-state index in [1.807, 2.05) is 11.3 Å². The third-order valence-electron chi connectivity index (χ3n) is 2.60. The summed E-state index contributed by atoms with van der Waals surface area (Å²) < 4.78 is 1.27. The second kappa shape index (κ2) is 3.37. The maximum Gasteiger partial charge on any atom is 0.0730 e. The van der Waals surface area contributed by atoms with Crippen molar-refractivity contribution in [2.24, 2.45) is 0 Å². The van der Waals surface area contributed by atoms with E-state index in [0.29, 0.717) is 5.54 Å². The molecule has 2 rings (SSSR count). The summed E-state index contributed by atoms with van der Waals surface area (Å²) in [5, 5.41) is 3.58. The van der Waals surface area contributed by atoms with Crippen LogP contribution in [0.2, 0.25) is 0 Å². The van der Waals surface area contributed by atoms with E-state index in [1.54, 1.807) is 0 Å². The zero-order chi connectivity index (χ0) is 9.47. The summed E-state index contributed by atoms with van der Waals surface area (Å²) in [6, 6.07) is 2.26. The lowest BCUT2D eigenvalue weighted by molar-refractivity contribution is 0.541. The zero-order valence-corrected chi connectivity index (χ0v) is 10.4. The van der Waals surface area contributed by atoms with Crippen LogP contribution in [0.15, 0.2) is 9.85 Å². The van der Waals surface area contributed by atoms with Gasteiger partial charge in [-0.15, -0.1) is 11.3 Å². The van der Waals surface area contributed by atoms with Gasteiger partial charge in [-0.25, -0.2) is 0 Å². The Bertz CT molecular complexity index is 295. The van der Waals surface area contributed by atoms with Crippen molar-refractivity contribution in [2.45, 2.75) is 38.8 Å². The van der Waals surface area contributed by atoms with E-state index in [4.69, 9.17) is 0 Å². The van der Waals surface area contributed by atoms with E-state index in [9.17, 15) is 0 Å². The van der Waals surface area contributed by atoms with Crippen LogP contribution in [0.3, 0.4) is 0 Å². The maximum atomic E-state index is 3.58. The minimum Gasteiger partial charge on any atom is -0.307 e. The van der Waals surface area contributed by atoms with Crippen LogP contribution in [0.5, 0.6) is 0 Å². The maximum absolute atomic E-state index is 3.58. The molecule has 0 unspecified atom stereocenters. The average molecular weight is 260 g/mol. The zero-order valence-electron chi connectivity index (χ0n) is 7.98. The molecule has 72 valence electrons. The fraction of sp³-hybridized carbons (Fsp3) is 0.600. The largest absolute Gasteiger partial charge is 0.307 e. The molecule has 1 heterocycles. The first-order chi connectivity index (χ1) is 6.09. The number of thiophene rings is 1. The van der Waals surface area contributed by atoms with Crippen LogP contribution in [0.1, 0.15) is 30.2 Å². The van der Waals surface area contributed by atoms with Crippen LogP contribution in [-0.2, 0) is 6.54 Å². The molecule has 0 aromatic carbocycles. The van der Waals surface area contributed by atoms with E-state index < -0.39 is 0 Å². The van der Waals surface area contributed by atoms with Crippen LogP contribution in [0.25, 0.3) is 0 Å². The highest BCUT2D eigenvalue weighted by molar-refractivity contribution is 9.11. The fourth-order valence-corrected chi connectivity index (χ4v) is 2.84. The number of hydrogen-bond acceptors (Lipinski definition) is 2. The summed E-state index contributed by atoms with van der Waals surface area (Å²) in [6.45, 7) is 5.46. The minimum atomic E-state index is 0.449. The number of aryl methyl sites for hydroxylation is 1. The van der Waals surface area contributed by atoms with Gasteiger partial charge in [0.1, 0.15) is 0 Å². The van der Waals surface area contributed by atoms with E-state index in [0.717, 1.165) is 6.54 Å². The van der Waals surface area contributed by atoms with Crippen LogP contribution < -0.4 is 5.32 Å². The first-order valence-electron chi connectivity index (χ1n) is 4.59. The van der Waals surface area contributed by atoms with Gasteiger partial charge in [0.05, 0.1) is 3.79 Å². The van der Waals surface area contributed by atoms with Gasteiger partial charge in [0.2, 0.25) is 0 Å². The highest BCUT2D eigenvalue weighted by Gasteiger charge is 2.36. The third-order valence-corrected chi connectivity index (χ3v) is 4.73. The Balaban J connectivity index is 1.94. The van der Waals surface area contributed by atoms with Crippen molar-refractivity contribution in [1.82, 2.24) is 5.32 Å². The first kappa shape index (κ1) is 9.69. The predicted molar refractivity (Wildman–Crippen MR) is 61.2 cm³/mol. The molecule has 0 spiro atoms. The second-order valence-corrected chi connectivity index (χ2v) is 6.54. The van der Waals surface area contributed by atoms with Gasteiger partial charge < -0.3 is 5.32 Å². The highest BCUT2D eigenvalue weighted by Crippen LogP contribution is 2.35. The van der Waals surface area contributed by atoms with Gasteiger partial charge in [0, 0.05) is 17.0 Å². The molecule has 1 fully saturated rings. The van der Waals surface area contributed by atoms with Crippen LogP contribution in [0.4, 0.5) is 0 Å². The van der Waals surface area contributed by atoms with Gasteiger partial charge in [-0.1, -0.05) is 0 Å². The van der Waals surface area contributed by atoms with Crippen molar-refractivity contribution in [2.75, 3.05) is 0 Å². The van der Waals surface area contributed by atoms with Crippen molar-refractivity contribution >= 4 is 27.3 Å². The van der Waals surface area contributed by atoms with Crippen molar-refractivity contribution in [3.8, 4) is 0 Å². The summed E-state index contributed by atoms with van der Waals surface area (Å²) in [5.74, 6) is 0. The lowest BCUT2D eigenvalue weighted by Gasteiger charge is -2.08. The summed E-state index contributed by atoms with van der Waals surface area (Å²) in [4.78, 5) is 1.43. The van der Waals surface area contributed by atoms with Gasteiger partial charge >= 0.3 is 0 Å². The smallest absolute Gasteiger partial charge is 0.0730 e. The molecule has 0 bridgehead atoms. The molecular weight excluding hydrogens is 246 g/mol. The van der Waals surface area contributed by atoms with Crippen LogP contribution in [0, 0.1) is 6.92 Å². The molecule has 0 atom stereocenters. The highest BCUT2D eigenvalue weighted by atomic mass is 79.9. The number of rotatable bonds is 3. The van der Waals surface area contributed by atoms with Crippen LogP contribution >= 0.6 is 27.3 Å². The van der Waals surface area contributed by atoms with Gasteiger partial charge in [-0.2, -0.15) is 0 Å². The third kappa shape index (κ3) is 2.33. The Morgan fingerprint density at radius 3 is 2.77 bits per heavy atom. The lowest BCUT2D eigenvalue weighted by atomic mass is 10.3. The van der Waals surface area contributed by atoms with Crippen molar-refractivity contribution in [1.29, 1.82) is 0 Å². The normalized spacial score (nSPS) is 19.0. The Kier molecular flexibility index (Phi) is 2.51. The Morgan fingerprint density at radius 2 is 2.31 bits per heavy atom. The molecule has 13 heavy (non-hydrogen) atoms. The Hall–Kier alpha value is 0.140. The molecule has 1 saturated carbocycles. The van der Waals surface area contributed by atoms with Gasteiger partial charge in [0.25, 0.3) is 0 Å². The quantitative estimate of drug-likeness (QED) is 0.877. The van der Waals surface area contributed by atoms with Crippen molar-refractivity contribution in [3.05, 3.63) is 20.3 Å². The molecule has 1 aromatic rings. The molecule has 0 radical (unpaired) electrons. The summed E-state index contributed by atoms with van der Waals surface area (Å²) in [6.07, 6.45) is 2.66. The summed E-state index contributed by atoms with van der Waals surface area (Å²) >= 11 is 5.38. The average Bonchev–Trinajstić information content (AvgIpc) is 2.72. The van der Waals surface area contributed by atoms with E-state index in [1.165, 1.54) is 27.1 Å². The second-order valence-electron chi connectivity index (χ2n) is 4.08. The summed E-state index contributed by atoms with van der Waals surface area (Å²) in [5.41, 5.74) is 1.80. The molecular formula is C10H14BrNS. The van der Waals surface area contributed by atoms with E-state index in [-0.39, 0.29) is 0 Å². The SMILES string of the molecule is Cc1cc(CNC2(C)CC2)sc1Br. The predicted octanol–water partition coefficient (Wildman–Crippen LogP) is 3.46. The Morgan fingerprint density at radius 1 is 1.62 bits per heavy atom. The molecule has 1 nitrogen and oxygen atoms in total. The van der Waals surface area contributed by atoms with E-state index in [2.05, 4.69) is 41.2 Å². The Labute approximate surface area is 91.7 Å². The van der Waals surface area contributed by atoms with Gasteiger partial charge in [0.15, 0.2) is 0 Å².